The Morgan fingerprint density at radius 3 is 1.25 bits per heavy atom. The Morgan fingerprint density at radius 2 is 0.944 bits per heavy atom. The van der Waals surface area contributed by atoms with E-state index >= 15 is 0 Å². The van der Waals surface area contributed by atoms with Crippen LogP contribution in [0.5, 0.6) is 0 Å². The third-order valence-corrected chi connectivity index (χ3v) is 5.07. The second kappa shape index (κ2) is 14.7. The van der Waals surface area contributed by atoms with Crippen LogP contribution in [0.15, 0.2) is 60.7 Å². The number of esters is 2. The third-order valence-electron chi connectivity index (χ3n) is 5.07. The van der Waals surface area contributed by atoms with Crippen molar-refractivity contribution in [3.8, 4) is 0 Å². The SMILES string of the molecule is CC(C)COC(=O)[C@@H](Cc1ccccc1)NC(=O)C(=O)N[C@H](Cc1ccccc1)C(=O)OCC(C)C. The van der Waals surface area contributed by atoms with Crippen molar-refractivity contribution in [2.24, 2.45) is 11.8 Å². The Morgan fingerprint density at radius 1 is 0.611 bits per heavy atom. The van der Waals surface area contributed by atoms with Gasteiger partial charge in [0.1, 0.15) is 12.1 Å². The molecule has 0 fully saturated rings. The molecule has 0 unspecified atom stereocenters. The van der Waals surface area contributed by atoms with Crippen molar-refractivity contribution in [3.05, 3.63) is 71.8 Å². The van der Waals surface area contributed by atoms with E-state index in [9.17, 15) is 19.2 Å². The van der Waals surface area contributed by atoms with Gasteiger partial charge in [0.15, 0.2) is 0 Å². The summed E-state index contributed by atoms with van der Waals surface area (Å²) in [6, 6.07) is 16.1. The Hall–Kier alpha value is -3.68. The molecule has 0 aliphatic carbocycles. The van der Waals surface area contributed by atoms with E-state index in [1.165, 1.54) is 0 Å². The fraction of sp³-hybridized carbons (Fsp3) is 0.429. The zero-order chi connectivity index (χ0) is 26.5. The Balaban J connectivity index is 2.12. The standard InChI is InChI=1S/C28H36N2O6/c1-19(2)17-35-27(33)23(15-21-11-7-5-8-12-21)29-25(31)26(32)30-24(28(34)36-18-20(3)4)16-22-13-9-6-10-14-22/h5-14,19-20,23-24H,15-18H2,1-4H3,(H,29,31)(H,30,32)/t23-,24-/m1/s1. The number of hydrogen-bond acceptors (Lipinski definition) is 6. The average Bonchev–Trinajstić information content (AvgIpc) is 2.86. The maximum Gasteiger partial charge on any atom is 0.329 e. The second-order valence-corrected chi connectivity index (χ2v) is 9.48. The first-order valence-electron chi connectivity index (χ1n) is 12.2. The molecule has 8 nitrogen and oxygen atoms in total. The molecule has 0 aliphatic rings. The fourth-order valence-corrected chi connectivity index (χ4v) is 3.23. The highest BCUT2D eigenvalue weighted by Crippen LogP contribution is 2.08. The lowest BCUT2D eigenvalue weighted by atomic mass is 10.1. The monoisotopic (exact) mass is 496 g/mol. The van der Waals surface area contributed by atoms with Crippen molar-refractivity contribution in [1.82, 2.24) is 10.6 Å². The molecule has 194 valence electrons. The summed E-state index contributed by atoms with van der Waals surface area (Å²) in [5.74, 6) is -3.11. The number of rotatable bonds is 12. The minimum Gasteiger partial charge on any atom is -0.464 e. The lowest BCUT2D eigenvalue weighted by Gasteiger charge is -2.21. The summed E-state index contributed by atoms with van der Waals surface area (Å²) in [6.45, 7) is 7.97. The maximum atomic E-state index is 12.8. The molecule has 36 heavy (non-hydrogen) atoms. The number of hydrogen-bond donors (Lipinski definition) is 2. The van der Waals surface area contributed by atoms with Crippen LogP contribution in [0.1, 0.15) is 38.8 Å². The van der Waals surface area contributed by atoms with Crippen LogP contribution < -0.4 is 10.6 Å². The Labute approximate surface area is 212 Å². The molecule has 8 heteroatoms. The van der Waals surface area contributed by atoms with Crippen LogP contribution in [0.2, 0.25) is 0 Å². The quantitative estimate of drug-likeness (QED) is 0.345. The minimum atomic E-state index is -1.06. The average molecular weight is 497 g/mol. The van der Waals surface area contributed by atoms with Gasteiger partial charge in [-0.05, 0) is 23.0 Å². The highest BCUT2D eigenvalue weighted by Gasteiger charge is 2.30. The van der Waals surface area contributed by atoms with E-state index in [1.807, 2.05) is 88.4 Å². The number of ether oxygens (including phenoxy) is 2. The zero-order valence-corrected chi connectivity index (χ0v) is 21.4. The number of benzene rings is 2. The van der Waals surface area contributed by atoms with E-state index in [-0.39, 0.29) is 37.9 Å². The molecule has 2 rings (SSSR count). The smallest absolute Gasteiger partial charge is 0.329 e. The lowest BCUT2D eigenvalue weighted by Crippen LogP contribution is -2.53. The molecule has 2 N–H and O–H groups in total. The van der Waals surface area contributed by atoms with Crippen LogP contribution in [-0.4, -0.2) is 49.1 Å². The van der Waals surface area contributed by atoms with Crippen LogP contribution in [0, 0.1) is 11.8 Å². The third kappa shape index (κ3) is 10.3. The highest BCUT2D eigenvalue weighted by atomic mass is 16.5. The molecule has 0 aliphatic heterocycles. The molecular weight excluding hydrogens is 460 g/mol. The Kier molecular flexibility index (Phi) is 11.6. The molecule has 2 atom stereocenters. The van der Waals surface area contributed by atoms with Gasteiger partial charge in [-0.25, -0.2) is 9.59 Å². The minimum absolute atomic E-state index is 0.112. The van der Waals surface area contributed by atoms with Crippen LogP contribution >= 0.6 is 0 Å². The highest BCUT2D eigenvalue weighted by molar-refractivity contribution is 6.35. The van der Waals surface area contributed by atoms with Gasteiger partial charge >= 0.3 is 23.8 Å². The first-order chi connectivity index (χ1) is 17.2. The topological polar surface area (TPSA) is 111 Å². The van der Waals surface area contributed by atoms with Crippen molar-refractivity contribution in [2.75, 3.05) is 13.2 Å². The molecule has 2 aromatic carbocycles. The van der Waals surface area contributed by atoms with Gasteiger partial charge in [0.25, 0.3) is 0 Å². The first-order valence-corrected chi connectivity index (χ1v) is 12.2. The summed E-state index contributed by atoms with van der Waals surface area (Å²) < 4.78 is 10.6. The number of amides is 2. The second-order valence-electron chi connectivity index (χ2n) is 9.48. The number of carbonyl (C=O) groups is 4. The Bertz CT molecular complexity index is 910. The molecular formula is C28H36N2O6. The molecule has 0 heterocycles. The molecule has 0 saturated heterocycles. The van der Waals surface area contributed by atoms with Gasteiger partial charge in [-0.15, -0.1) is 0 Å². The van der Waals surface area contributed by atoms with E-state index in [0.29, 0.717) is 0 Å². The van der Waals surface area contributed by atoms with Gasteiger partial charge in [-0.3, -0.25) is 9.59 Å². The van der Waals surface area contributed by atoms with Gasteiger partial charge in [-0.2, -0.15) is 0 Å². The zero-order valence-electron chi connectivity index (χ0n) is 21.4. The fourth-order valence-electron chi connectivity index (χ4n) is 3.23. The van der Waals surface area contributed by atoms with E-state index in [0.717, 1.165) is 11.1 Å². The van der Waals surface area contributed by atoms with E-state index in [1.54, 1.807) is 0 Å². The van der Waals surface area contributed by atoms with Crippen LogP contribution in [0.3, 0.4) is 0 Å². The van der Waals surface area contributed by atoms with Crippen molar-refractivity contribution >= 4 is 23.8 Å². The molecule has 0 spiro atoms. The van der Waals surface area contributed by atoms with Gasteiger partial charge in [0.2, 0.25) is 0 Å². The molecule has 0 radical (unpaired) electrons. The van der Waals surface area contributed by atoms with Crippen LogP contribution in [-0.2, 0) is 41.5 Å². The summed E-state index contributed by atoms with van der Waals surface area (Å²) in [5.41, 5.74) is 1.59. The summed E-state index contributed by atoms with van der Waals surface area (Å²) in [4.78, 5) is 50.9. The van der Waals surface area contributed by atoms with Crippen molar-refractivity contribution in [1.29, 1.82) is 0 Å². The number of nitrogens with one attached hydrogen (secondary N) is 2. The van der Waals surface area contributed by atoms with Crippen molar-refractivity contribution in [3.63, 3.8) is 0 Å². The normalized spacial score (nSPS) is 12.5. The van der Waals surface area contributed by atoms with E-state index < -0.39 is 35.8 Å². The number of carbonyl (C=O) groups excluding carboxylic acids is 4. The molecule has 0 aromatic heterocycles. The van der Waals surface area contributed by atoms with Crippen molar-refractivity contribution < 1.29 is 28.7 Å². The lowest BCUT2D eigenvalue weighted by molar-refractivity contribution is -0.152. The predicted molar refractivity (Wildman–Crippen MR) is 136 cm³/mol. The maximum absolute atomic E-state index is 12.8. The van der Waals surface area contributed by atoms with Crippen LogP contribution in [0.25, 0.3) is 0 Å². The van der Waals surface area contributed by atoms with E-state index in [4.69, 9.17) is 9.47 Å². The van der Waals surface area contributed by atoms with Crippen molar-refractivity contribution in [2.45, 2.75) is 52.6 Å². The molecule has 0 saturated carbocycles. The summed E-state index contributed by atoms with van der Waals surface area (Å²) >= 11 is 0. The summed E-state index contributed by atoms with van der Waals surface area (Å²) in [6.07, 6.45) is 0.307. The van der Waals surface area contributed by atoms with Gasteiger partial charge in [0, 0.05) is 12.8 Å². The molecule has 2 amide bonds. The van der Waals surface area contributed by atoms with Crippen LogP contribution in [0.4, 0.5) is 0 Å². The van der Waals surface area contributed by atoms with E-state index in [2.05, 4.69) is 10.6 Å². The summed E-state index contributed by atoms with van der Waals surface area (Å²) in [7, 11) is 0. The predicted octanol–water partition coefficient (Wildman–Crippen LogP) is 2.84. The van der Waals surface area contributed by atoms with Gasteiger partial charge in [0.05, 0.1) is 13.2 Å². The molecule has 0 bridgehead atoms. The molecule has 2 aromatic rings. The summed E-state index contributed by atoms with van der Waals surface area (Å²) in [5, 5.41) is 4.94. The first kappa shape index (κ1) is 28.6. The van der Waals surface area contributed by atoms with Gasteiger partial charge < -0.3 is 20.1 Å². The van der Waals surface area contributed by atoms with Gasteiger partial charge in [-0.1, -0.05) is 88.4 Å². The largest absolute Gasteiger partial charge is 0.464 e.